The lowest BCUT2D eigenvalue weighted by molar-refractivity contribution is -0.129. The third kappa shape index (κ3) is 3.86. The minimum atomic E-state index is -0.849. The molecule has 142 valence electrons. The second-order valence-electron chi connectivity index (χ2n) is 6.47. The summed E-state index contributed by atoms with van der Waals surface area (Å²) in [7, 11) is 0. The van der Waals surface area contributed by atoms with E-state index in [0.29, 0.717) is 11.6 Å². The lowest BCUT2D eigenvalue weighted by Gasteiger charge is -2.12. The van der Waals surface area contributed by atoms with Gasteiger partial charge in [0.25, 0.3) is 5.91 Å². The van der Waals surface area contributed by atoms with Gasteiger partial charge >= 0.3 is 6.03 Å². The Kier molecular flexibility index (Phi) is 5.03. The first-order valence-electron chi connectivity index (χ1n) is 8.91. The van der Waals surface area contributed by atoms with Crippen molar-refractivity contribution in [2.75, 3.05) is 11.9 Å². The van der Waals surface area contributed by atoms with E-state index in [-0.39, 0.29) is 24.8 Å². The van der Waals surface area contributed by atoms with Crippen molar-refractivity contribution in [3.8, 4) is 0 Å². The Morgan fingerprint density at radius 2 is 1.86 bits per heavy atom. The normalized spacial score (nSPS) is 16.4. The van der Waals surface area contributed by atoms with E-state index in [1.54, 1.807) is 0 Å². The smallest absolute Gasteiger partial charge is 0.324 e. The highest BCUT2D eigenvalue weighted by atomic mass is 32.1. The molecule has 1 unspecified atom stereocenters. The van der Waals surface area contributed by atoms with E-state index in [9.17, 15) is 14.4 Å². The zero-order chi connectivity index (χ0) is 19.5. The average molecular weight is 394 g/mol. The van der Waals surface area contributed by atoms with Gasteiger partial charge in [-0.1, -0.05) is 53.8 Å². The molecule has 4 rings (SSSR count). The average Bonchev–Trinajstić information content (AvgIpc) is 3.21. The van der Waals surface area contributed by atoms with Crippen molar-refractivity contribution in [1.29, 1.82) is 0 Å². The number of rotatable bonds is 6. The first kappa shape index (κ1) is 18.1. The topological polar surface area (TPSA) is 91.4 Å². The molecule has 1 fully saturated rings. The third-order valence-electron chi connectivity index (χ3n) is 4.50. The summed E-state index contributed by atoms with van der Waals surface area (Å²) in [4.78, 5) is 42.5. The van der Waals surface area contributed by atoms with Crippen LogP contribution in [0.4, 0.5) is 9.93 Å². The van der Waals surface area contributed by atoms with Crippen LogP contribution in [0.2, 0.25) is 0 Å². The number of carbonyl (C=O) groups excluding carboxylic acids is 3. The number of anilines is 1. The number of nitrogens with one attached hydrogen (secondary N) is 2. The molecule has 1 saturated heterocycles. The molecule has 0 aliphatic carbocycles. The summed E-state index contributed by atoms with van der Waals surface area (Å²) in [6, 6.07) is 15.9. The van der Waals surface area contributed by atoms with Crippen molar-refractivity contribution in [3.63, 3.8) is 0 Å². The van der Waals surface area contributed by atoms with Gasteiger partial charge in [0.15, 0.2) is 5.13 Å². The Hall–Kier alpha value is -3.26. The Labute approximate surface area is 165 Å². The van der Waals surface area contributed by atoms with Crippen LogP contribution in [0.15, 0.2) is 54.6 Å². The van der Waals surface area contributed by atoms with Crippen molar-refractivity contribution in [2.45, 2.75) is 18.9 Å². The van der Waals surface area contributed by atoms with Crippen LogP contribution in [0.1, 0.15) is 12.0 Å². The fourth-order valence-corrected chi connectivity index (χ4v) is 3.98. The first-order valence-corrected chi connectivity index (χ1v) is 9.73. The van der Waals surface area contributed by atoms with Crippen molar-refractivity contribution in [2.24, 2.45) is 0 Å². The number of hydrogen-bond donors (Lipinski definition) is 2. The molecule has 2 N–H and O–H groups in total. The van der Waals surface area contributed by atoms with Crippen molar-refractivity contribution in [3.05, 3.63) is 60.2 Å². The van der Waals surface area contributed by atoms with Crippen LogP contribution in [0.5, 0.6) is 0 Å². The van der Waals surface area contributed by atoms with E-state index >= 15 is 0 Å². The van der Waals surface area contributed by atoms with E-state index in [0.717, 1.165) is 15.8 Å². The molecule has 0 spiro atoms. The summed E-state index contributed by atoms with van der Waals surface area (Å²) in [6.07, 6.45) is 0.451. The Bertz CT molecular complexity index is 1000. The van der Waals surface area contributed by atoms with Gasteiger partial charge in [0.1, 0.15) is 6.04 Å². The summed E-state index contributed by atoms with van der Waals surface area (Å²) < 4.78 is 0.968. The highest BCUT2D eigenvalue weighted by Crippen LogP contribution is 2.25. The molecule has 28 heavy (non-hydrogen) atoms. The molecule has 1 aliphatic rings. The van der Waals surface area contributed by atoms with Crippen LogP contribution in [0.3, 0.4) is 0 Å². The van der Waals surface area contributed by atoms with E-state index < -0.39 is 12.1 Å². The van der Waals surface area contributed by atoms with E-state index in [4.69, 9.17) is 0 Å². The number of amides is 4. The molecule has 4 amide bonds. The number of hydrogen-bond acceptors (Lipinski definition) is 5. The Balaban J connectivity index is 1.34. The van der Waals surface area contributed by atoms with Gasteiger partial charge in [0, 0.05) is 6.54 Å². The van der Waals surface area contributed by atoms with Gasteiger partial charge in [0.05, 0.1) is 16.6 Å². The molecule has 0 saturated carbocycles. The van der Waals surface area contributed by atoms with Crippen LogP contribution in [-0.2, 0) is 16.0 Å². The van der Waals surface area contributed by atoms with Gasteiger partial charge < -0.3 is 10.6 Å². The SMILES string of the molecule is O=C(CC1NC(=O)N(CCc2ccccc2)C1=O)Nc1nc2ccccc2s1. The molecular formula is C20H18N4O3S. The van der Waals surface area contributed by atoms with Gasteiger partial charge in [-0.15, -0.1) is 0 Å². The number of carbonyl (C=O) groups is 3. The number of aromatic nitrogens is 1. The summed E-state index contributed by atoms with van der Waals surface area (Å²) in [5.74, 6) is -0.733. The maximum atomic E-state index is 12.5. The maximum Gasteiger partial charge on any atom is 0.324 e. The summed E-state index contributed by atoms with van der Waals surface area (Å²) in [5.41, 5.74) is 1.85. The van der Waals surface area contributed by atoms with Crippen LogP contribution >= 0.6 is 11.3 Å². The van der Waals surface area contributed by atoms with Crippen LogP contribution in [0.25, 0.3) is 10.2 Å². The van der Waals surface area contributed by atoms with Crippen molar-refractivity contribution >= 4 is 44.5 Å². The summed E-state index contributed by atoms with van der Waals surface area (Å²) >= 11 is 1.37. The third-order valence-corrected chi connectivity index (χ3v) is 5.46. The first-order chi connectivity index (χ1) is 13.6. The molecular weight excluding hydrogens is 376 g/mol. The predicted molar refractivity (Wildman–Crippen MR) is 107 cm³/mol. The van der Waals surface area contributed by atoms with Crippen molar-refractivity contribution in [1.82, 2.24) is 15.2 Å². The quantitative estimate of drug-likeness (QED) is 0.629. The fraction of sp³-hybridized carbons (Fsp3) is 0.200. The molecule has 0 radical (unpaired) electrons. The zero-order valence-corrected chi connectivity index (χ0v) is 15.7. The van der Waals surface area contributed by atoms with E-state index in [1.165, 1.54) is 16.2 Å². The molecule has 1 atom stereocenters. The lowest BCUT2D eigenvalue weighted by Crippen LogP contribution is -2.34. The Morgan fingerprint density at radius 1 is 1.11 bits per heavy atom. The van der Waals surface area contributed by atoms with Crippen molar-refractivity contribution < 1.29 is 14.4 Å². The number of benzene rings is 2. The van der Waals surface area contributed by atoms with Crippen LogP contribution in [0, 0.1) is 0 Å². The Morgan fingerprint density at radius 3 is 2.64 bits per heavy atom. The number of fused-ring (bicyclic) bond motifs is 1. The molecule has 0 bridgehead atoms. The molecule has 1 aliphatic heterocycles. The summed E-state index contributed by atoms with van der Waals surface area (Å²) in [6.45, 7) is 0.282. The number of thiazole rings is 1. The minimum Gasteiger partial charge on any atom is -0.325 e. The minimum absolute atomic E-state index is 0.123. The highest BCUT2D eigenvalue weighted by Gasteiger charge is 2.38. The fourth-order valence-electron chi connectivity index (χ4n) is 3.09. The largest absolute Gasteiger partial charge is 0.325 e. The second kappa shape index (κ2) is 7.77. The molecule has 8 heteroatoms. The van der Waals surface area contributed by atoms with Crippen LogP contribution < -0.4 is 10.6 Å². The van der Waals surface area contributed by atoms with Gasteiger partial charge in [-0.25, -0.2) is 9.78 Å². The van der Waals surface area contributed by atoms with Gasteiger partial charge in [-0.3, -0.25) is 14.5 Å². The summed E-state index contributed by atoms with van der Waals surface area (Å²) in [5, 5.41) is 5.78. The molecule has 2 aromatic carbocycles. The molecule has 3 aromatic rings. The van der Waals surface area contributed by atoms with Gasteiger partial charge in [-0.05, 0) is 24.1 Å². The maximum absolute atomic E-state index is 12.5. The van der Waals surface area contributed by atoms with E-state index in [1.807, 2.05) is 54.6 Å². The standard InChI is InChI=1S/C20H18N4O3S/c25-17(23-19-21-14-8-4-5-9-16(14)28-19)12-15-18(26)24(20(27)22-15)11-10-13-6-2-1-3-7-13/h1-9,15H,10-12H2,(H,22,27)(H,21,23,25). The monoisotopic (exact) mass is 394 g/mol. The number of urea groups is 1. The molecule has 2 heterocycles. The number of para-hydroxylation sites is 1. The van der Waals surface area contributed by atoms with E-state index in [2.05, 4.69) is 15.6 Å². The lowest BCUT2D eigenvalue weighted by atomic mass is 10.1. The van der Waals surface area contributed by atoms with Gasteiger partial charge in [0.2, 0.25) is 5.91 Å². The number of nitrogens with zero attached hydrogens (tertiary/aromatic N) is 2. The zero-order valence-electron chi connectivity index (χ0n) is 14.9. The van der Waals surface area contributed by atoms with Crippen LogP contribution in [-0.4, -0.2) is 40.3 Å². The molecule has 7 nitrogen and oxygen atoms in total. The van der Waals surface area contributed by atoms with Gasteiger partial charge in [-0.2, -0.15) is 0 Å². The molecule has 1 aromatic heterocycles. The predicted octanol–water partition coefficient (Wildman–Crippen LogP) is 2.79. The second-order valence-corrected chi connectivity index (χ2v) is 7.50. The highest BCUT2D eigenvalue weighted by molar-refractivity contribution is 7.22. The number of imide groups is 1.